The number of hydrogen-bond donors (Lipinski definition) is 1. The van der Waals surface area contributed by atoms with Crippen LogP contribution in [-0.4, -0.2) is 50.2 Å². The number of rotatable bonds is 7. The second-order valence-electron chi connectivity index (χ2n) is 6.39. The van der Waals surface area contributed by atoms with Gasteiger partial charge in [-0.2, -0.15) is 0 Å². The van der Waals surface area contributed by atoms with E-state index in [0.29, 0.717) is 30.6 Å². The Morgan fingerprint density at radius 1 is 1.08 bits per heavy atom. The highest BCUT2D eigenvalue weighted by atomic mass is 16.5. The Labute approximate surface area is 154 Å². The predicted molar refractivity (Wildman–Crippen MR) is 102 cm³/mol. The number of carbonyl (C=O) groups is 1. The van der Waals surface area contributed by atoms with E-state index in [2.05, 4.69) is 5.32 Å². The fourth-order valence-electron chi connectivity index (χ4n) is 3.16. The van der Waals surface area contributed by atoms with Crippen LogP contribution >= 0.6 is 0 Å². The molecule has 5 heteroatoms. The zero-order valence-electron chi connectivity index (χ0n) is 15.2. The third-order valence-electron chi connectivity index (χ3n) is 4.59. The minimum atomic E-state index is 0.0320. The van der Waals surface area contributed by atoms with Gasteiger partial charge < -0.3 is 19.7 Å². The molecule has 1 amide bonds. The SMILES string of the molecule is CNC1CCCN(C(=O)c2ccccc2OCCOc2ccccc2)C1. The van der Waals surface area contributed by atoms with Gasteiger partial charge in [0, 0.05) is 19.1 Å². The summed E-state index contributed by atoms with van der Waals surface area (Å²) in [5.74, 6) is 1.46. The summed E-state index contributed by atoms with van der Waals surface area (Å²) < 4.78 is 11.5. The fraction of sp³-hybridized carbons (Fsp3) is 0.381. The highest BCUT2D eigenvalue weighted by molar-refractivity contribution is 5.97. The van der Waals surface area contributed by atoms with E-state index in [0.717, 1.165) is 31.7 Å². The van der Waals surface area contributed by atoms with Gasteiger partial charge in [-0.25, -0.2) is 0 Å². The van der Waals surface area contributed by atoms with Gasteiger partial charge in [0.05, 0.1) is 5.56 Å². The molecule has 26 heavy (non-hydrogen) atoms. The molecule has 5 nitrogen and oxygen atoms in total. The standard InChI is InChI=1S/C21H26N2O3/c1-22-17-8-7-13-23(16-17)21(24)19-11-5-6-12-20(19)26-15-14-25-18-9-3-2-4-10-18/h2-6,9-12,17,22H,7-8,13-16H2,1H3. The molecule has 1 unspecified atom stereocenters. The molecule has 2 aromatic rings. The van der Waals surface area contributed by atoms with Crippen molar-refractivity contribution in [3.8, 4) is 11.5 Å². The first-order valence-electron chi connectivity index (χ1n) is 9.14. The monoisotopic (exact) mass is 354 g/mol. The van der Waals surface area contributed by atoms with Crippen LogP contribution in [0.2, 0.25) is 0 Å². The van der Waals surface area contributed by atoms with Gasteiger partial charge in [-0.1, -0.05) is 30.3 Å². The zero-order valence-corrected chi connectivity index (χ0v) is 15.2. The maximum atomic E-state index is 12.9. The van der Waals surface area contributed by atoms with Crippen LogP contribution in [0.5, 0.6) is 11.5 Å². The first-order chi connectivity index (χ1) is 12.8. The van der Waals surface area contributed by atoms with Crippen LogP contribution in [0.4, 0.5) is 0 Å². The summed E-state index contributed by atoms with van der Waals surface area (Å²) in [6.45, 7) is 2.35. The molecule has 1 heterocycles. The first-order valence-corrected chi connectivity index (χ1v) is 9.14. The highest BCUT2D eigenvalue weighted by Crippen LogP contribution is 2.22. The van der Waals surface area contributed by atoms with E-state index in [-0.39, 0.29) is 5.91 Å². The Kier molecular flexibility index (Phi) is 6.50. The zero-order chi connectivity index (χ0) is 18.2. The minimum absolute atomic E-state index is 0.0320. The molecule has 1 fully saturated rings. The van der Waals surface area contributed by atoms with Crippen LogP contribution in [0.15, 0.2) is 54.6 Å². The van der Waals surface area contributed by atoms with Gasteiger partial charge in [0.1, 0.15) is 24.7 Å². The Balaban J connectivity index is 1.58. The van der Waals surface area contributed by atoms with Crippen LogP contribution < -0.4 is 14.8 Å². The van der Waals surface area contributed by atoms with Crippen LogP contribution in [-0.2, 0) is 0 Å². The number of nitrogens with one attached hydrogen (secondary N) is 1. The molecule has 2 aromatic carbocycles. The first kappa shape index (κ1) is 18.3. The normalized spacial score (nSPS) is 17.0. The number of likely N-dealkylation sites (N-methyl/N-ethyl adjacent to an activating group) is 1. The third-order valence-corrected chi connectivity index (χ3v) is 4.59. The Bertz CT molecular complexity index is 705. The molecule has 0 saturated carbocycles. The number of hydrogen-bond acceptors (Lipinski definition) is 4. The van der Waals surface area contributed by atoms with Crippen molar-refractivity contribution in [2.75, 3.05) is 33.4 Å². The van der Waals surface area contributed by atoms with Crippen molar-refractivity contribution in [3.05, 3.63) is 60.2 Å². The Morgan fingerprint density at radius 3 is 2.62 bits per heavy atom. The van der Waals surface area contributed by atoms with Crippen molar-refractivity contribution in [3.63, 3.8) is 0 Å². The second kappa shape index (κ2) is 9.25. The van der Waals surface area contributed by atoms with Gasteiger partial charge in [-0.05, 0) is 44.2 Å². The van der Waals surface area contributed by atoms with Crippen molar-refractivity contribution in [1.29, 1.82) is 0 Å². The molecule has 138 valence electrons. The van der Waals surface area contributed by atoms with E-state index in [1.807, 2.05) is 66.5 Å². The van der Waals surface area contributed by atoms with Crippen LogP contribution in [0.25, 0.3) is 0 Å². The summed E-state index contributed by atoms with van der Waals surface area (Å²) in [5.41, 5.74) is 0.615. The van der Waals surface area contributed by atoms with E-state index in [1.165, 1.54) is 0 Å². The average Bonchev–Trinajstić information content (AvgIpc) is 2.72. The summed E-state index contributed by atoms with van der Waals surface area (Å²) in [7, 11) is 1.95. The number of ether oxygens (including phenoxy) is 2. The van der Waals surface area contributed by atoms with Gasteiger partial charge in [-0.3, -0.25) is 4.79 Å². The summed E-state index contributed by atoms with van der Waals surface area (Å²) in [6.07, 6.45) is 2.13. The fourth-order valence-corrected chi connectivity index (χ4v) is 3.16. The minimum Gasteiger partial charge on any atom is -0.490 e. The lowest BCUT2D eigenvalue weighted by Crippen LogP contribution is -2.47. The van der Waals surface area contributed by atoms with Crippen molar-refractivity contribution in [2.45, 2.75) is 18.9 Å². The number of carbonyl (C=O) groups excluding carboxylic acids is 1. The Morgan fingerprint density at radius 2 is 1.81 bits per heavy atom. The lowest BCUT2D eigenvalue weighted by molar-refractivity contribution is 0.0693. The molecular formula is C21H26N2O3. The molecule has 1 aliphatic heterocycles. The molecular weight excluding hydrogens is 328 g/mol. The molecule has 1 N–H and O–H groups in total. The molecule has 1 aliphatic rings. The van der Waals surface area contributed by atoms with E-state index in [9.17, 15) is 4.79 Å². The van der Waals surface area contributed by atoms with Crippen molar-refractivity contribution >= 4 is 5.91 Å². The van der Waals surface area contributed by atoms with Crippen LogP contribution in [0, 0.1) is 0 Å². The predicted octanol–water partition coefficient (Wildman–Crippen LogP) is 2.97. The largest absolute Gasteiger partial charge is 0.490 e. The summed E-state index contributed by atoms with van der Waals surface area (Å²) in [6, 6.07) is 17.4. The van der Waals surface area contributed by atoms with Crippen molar-refractivity contribution in [1.82, 2.24) is 10.2 Å². The average molecular weight is 354 g/mol. The Hall–Kier alpha value is -2.53. The number of amides is 1. The number of likely N-dealkylation sites (tertiary alicyclic amines) is 1. The van der Waals surface area contributed by atoms with Gasteiger partial charge in [0.15, 0.2) is 0 Å². The van der Waals surface area contributed by atoms with Crippen molar-refractivity contribution < 1.29 is 14.3 Å². The van der Waals surface area contributed by atoms with Gasteiger partial charge in [0.25, 0.3) is 5.91 Å². The maximum Gasteiger partial charge on any atom is 0.257 e. The van der Waals surface area contributed by atoms with Gasteiger partial charge >= 0.3 is 0 Å². The maximum absolute atomic E-state index is 12.9. The summed E-state index contributed by atoms with van der Waals surface area (Å²) in [4.78, 5) is 14.8. The molecule has 1 saturated heterocycles. The third kappa shape index (κ3) is 4.76. The van der Waals surface area contributed by atoms with Crippen LogP contribution in [0.3, 0.4) is 0 Å². The van der Waals surface area contributed by atoms with E-state index in [1.54, 1.807) is 0 Å². The van der Waals surface area contributed by atoms with Crippen LogP contribution in [0.1, 0.15) is 23.2 Å². The topological polar surface area (TPSA) is 50.8 Å². The molecule has 3 rings (SSSR count). The molecule has 0 spiro atoms. The van der Waals surface area contributed by atoms with Gasteiger partial charge in [0.2, 0.25) is 0 Å². The molecule has 0 bridgehead atoms. The number of piperidine rings is 1. The lowest BCUT2D eigenvalue weighted by Gasteiger charge is -2.33. The number of para-hydroxylation sites is 2. The summed E-state index contributed by atoms with van der Waals surface area (Å²) >= 11 is 0. The second-order valence-corrected chi connectivity index (χ2v) is 6.39. The quantitative estimate of drug-likeness (QED) is 0.777. The molecule has 0 aliphatic carbocycles. The highest BCUT2D eigenvalue weighted by Gasteiger charge is 2.25. The van der Waals surface area contributed by atoms with E-state index in [4.69, 9.17) is 9.47 Å². The smallest absolute Gasteiger partial charge is 0.257 e. The molecule has 0 radical (unpaired) electrons. The number of benzene rings is 2. The van der Waals surface area contributed by atoms with E-state index >= 15 is 0 Å². The molecule has 1 atom stereocenters. The van der Waals surface area contributed by atoms with E-state index < -0.39 is 0 Å². The van der Waals surface area contributed by atoms with Crippen molar-refractivity contribution in [2.24, 2.45) is 0 Å². The number of nitrogens with zero attached hydrogens (tertiary/aromatic N) is 1. The summed E-state index contributed by atoms with van der Waals surface area (Å²) in [5, 5.41) is 3.27. The molecule has 0 aromatic heterocycles. The van der Waals surface area contributed by atoms with Gasteiger partial charge in [-0.15, -0.1) is 0 Å². The lowest BCUT2D eigenvalue weighted by atomic mass is 10.0.